The molecule has 0 saturated carbocycles. The second-order valence-electron chi connectivity index (χ2n) is 4.80. The number of ether oxygens (including phenoxy) is 2. The van der Waals surface area contributed by atoms with Crippen molar-refractivity contribution in [2.45, 2.75) is 6.61 Å². The number of anilines is 1. The summed E-state index contributed by atoms with van der Waals surface area (Å²) in [7, 11) is 1.17. The van der Waals surface area contributed by atoms with Crippen molar-refractivity contribution in [1.82, 2.24) is 4.90 Å². The Bertz CT molecular complexity index is 663. The quantitative estimate of drug-likeness (QED) is 0.718. The van der Waals surface area contributed by atoms with E-state index in [9.17, 15) is 18.4 Å². The van der Waals surface area contributed by atoms with Crippen molar-refractivity contribution in [3.63, 3.8) is 0 Å². The summed E-state index contributed by atoms with van der Waals surface area (Å²) in [6.45, 7) is -3.34. The van der Waals surface area contributed by atoms with Crippen LogP contribution in [0.4, 0.5) is 14.5 Å². The van der Waals surface area contributed by atoms with Crippen LogP contribution in [0, 0.1) is 0 Å². The lowest BCUT2D eigenvalue weighted by molar-refractivity contribution is -0.136. The number of amides is 1. The molecular weight excluding hydrogens is 326 g/mol. The zero-order valence-corrected chi connectivity index (χ0v) is 12.8. The molecule has 0 atom stereocenters. The van der Waals surface area contributed by atoms with Crippen LogP contribution < -0.4 is 10.1 Å². The Morgan fingerprint density at radius 3 is 2.75 bits per heavy atom. The number of β-amino-alcohol motifs (C(OH)–C–C–N with tert-alkyl or cyclic N) is 1. The lowest BCUT2D eigenvalue weighted by Gasteiger charge is -2.16. The molecule has 1 aromatic rings. The molecule has 0 spiro atoms. The minimum Gasteiger partial charge on any atom is -0.466 e. The molecule has 0 aromatic heterocycles. The minimum atomic E-state index is -3.04. The highest BCUT2D eigenvalue weighted by Gasteiger charge is 2.34. The Balaban J connectivity index is 2.34. The van der Waals surface area contributed by atoms with E-state index in [1.165, 1.54) is 30.2 Å². The highest BCUT2D eigenvalue weighted by Crippen LogP contribution is 2.29. The van der Waals surface area contributed by atoms with Gasteiger partial charge in [0.2, 0.25) is 0 Å². The van der Waals surface area contributed by atoms with E-state index in [2.05, 4.69) is 14.8 Å². The second kappa shape index (κ2) is 7.73. The van der Waals surface area contributed by atoms with Crippen LogP contribution in [-0.2, 0) is 14.3 Å². The van der Waals surface area contributed by atoms with Gasteiger partial charge in [0.05, 0.1) is 31.5 Å². The molecule has 1 heterocycles. The smallest absolute Gasteiger partial charge is 0.387 e. The van der Waals surface area contributed by atoms with Gasteiger partial charge in [0.15, 0.2) is 0 Å². The van der Waals surface area contributed by atoms with E-state index in [0.29, 0.717) is 0 Å². The van der Waals surface area contributed by atoms with Crippen molar-refractivity contribution in [3.8, 4) is 5.75 Å². The maximum Gasteiger partial charge on any atom is 0.387 e. The zero-order valence-electron chi connectivity index (χ0n) is 12.8. The summed E-state index contributed by atoms with van der Waals surface area (Å²) in [4.78, 5) is 25.5. The minimum absolute atomic E-state index is 0.0275. The highest BCUT2D eigenvalue weighted by atomic mass is 19.3. The number of aliphatic hydroxyl groups excluding tert-OH is 1. The monoisotopic (exact) mass is 342 g/mol. The average molecular weight is 342 g/mol. The molecule has 2 rings (SSSR count). The maximum absolute atomic E-state index is 12.5. The average Bonchev–Trinajstić information content (AvgIpc) is 2.85. The number of nitrogens with zero attached hydrogens (tertiary/aromatic N) is 1. The van der Waals surface area contributed by atoms with Crippen molar-refractivity contribution in [3.05, 3.63) is 35.5 Å². The van der Waals surface area contributed by atoms with Gasteiger partial charge >= 0.3 is 12.6 Å². The van der Waals surface area contributed by atoms with Gasteiger partial charge in [0, 0.05) is 6.54 Å². The molecule has 0 saturated heterocycles. The van der Waals surface area contributed by atoms with Crippen molar-refractivity contribution in [2.24, 2.45) is 0 Å². The van der Waals surface area contributed by atoms with E-state index in [4.69, 9.17) is 5.11 Å². The maximum atomic E-state index is 12.5. The molecule has 1 aromatic carbocycles. The fourth-order valence-corrected chi connectivity index (χ4v) is 2.25. The molecule has 24 heavy (non-hydrogen) atoms. The predicted molar refractivity (Wildman–Crippen MR) is 79.4 cm³/mol. The van der Waals surface area contributed by atoms with Gasteiger partial charge in [-0.3, -0.25) is 4.79 Å². The Morgan fingerprint density at radius 2 is 2.12 bits per heavy atom. The van der Waals surface area contributed by atoms with E-state index in [-0.39, 0.29) is 42.4 Å². The topological polar surface area (TPSA) is 88.1 Å². The number of alkyl halides is 2. The number of carbonyl (C=O) groups excluding carboxylic acids is 2. The van der Waals surface area contributed by atoms with Crippen LogP contribution >= 0.6 is 0 Å². The van der Waals surface area contributed by atoms with Crippen LogP contribution in [0.3, 0.4) is 0 Å². The van der Waals surface area contributed by atoms with Gasteiger partial charge in [-0.2, -0.15) is 8.78 Å². The van der Waals surface area contributed by atoms with E-state index < -0.39 is 18.5 Å². The van der Waals surface area contributed by atoms with Gasteiger partial charge in [0.25, 0.3) is 5.91 Å². The molecule has 1 amide bonds. The first-order chi connectivity index (χ1) is 11.5. The number of hydrogen-bond donors (Lipinski definition) is 2. The standard InChI is InChI=1S/C15H16F2N2O5/c1-23-14(22)9-8-19(6-7-20)13(21)12(9)18-10-4-2-3-5-11(10)24-15(16)17/h2-5,15,18,20H,6-8H2,1H3. The lowest BCUT2D eigenvalue weighted by Crippen LogP contribution is -2.31. The van der Waals surface area contributed by atoms with E-state index in [0.717, 1.165) is 0 Å². The van der Waals surface area contributed by atoms with Crippen molar-refractivity contribution < 1.29 is 33.0 Å². The molecule has 0 radical (unpaired) electrons. The first kappa shape index (κ1) is 17.7. The molecule has 9 heteroatoms. The van der Waals surface area contributed by atoms with Crippen LogP contribution in [0.2, 0.25) is 0 Å². The van der Waals surface area contributed by atoms with E-state index >= 15 is 0 Å². The molecule has 2 N–H and O–H groups in total. The van der Waals surface area contributed by atoms with Crippen molar-refractivity contribution in [1.29, 1.82) is 0 Å². The number of methoxy groups -OCH3 is 1. The third-order valence-corrected chi connectivity index (χ3v) is 3.32. The summed E-state index contributed by atoms with van der Waals surface area (Å²) in [6.07, 6.45) is 0. The van der Waals surface area contributed by atoms with Gasteiger partial charge in [-0.05, 0) is 12.1 Å². The third kappa shape index (κ3) is 3.80. The lowest BCUT2D eigenvalue weighted by atomic mass is 10.2. The van der Waals surface area contributed by atoms with Gasteiger partial charge in [-0.15, -0.1) is 0 Å². The Morgan fingerprint density at radius 1 is 1.42 bits per heavy atom. The molecule has 1 aliphatic heterocycles. The fourth-order valence-electron chi connectivity index (χ4n) is 2.25. The Labute approximate surface area is 136 Å². The molecule has 130 valence electrons. The molecule has 0 fully saturated rings. The van der Waals surface area contributed by atoms with Crippen LogP contribution in [0.25, 0.3) is 0 Å². The number of carbonyl (C=O) groups is 2. The number of nitrogens with one attached hydrogen (secondary N) is 1. The number of hydrogen-bond acceptors (Lipinski definition) is 6. The first-order valence-corrected chi connectivity index (χ1v) is 7.00. The number of rotatable bonds is 7. The van der Waals surface area contributed by atoms with Gasteiger partial charge in [-0.1, -0.05) is 12.1 Å². The van der Waals surface area contributed by atoms with E-state index in [1.54, 1.807) is 6.07 Å². The second-order valence-corrected chi connectivity index (χ2v) is 4.80. The normalized spacial score (nSPS) is 14.4. The molecule has 0 aliphatic carbocycles. The summed E-state index contributed by atoms with van der Waals surface area (Å²) in [5, 5.41) is 11.7. The summed E-state index contributed by atoms with van der Waals surface area (Å²) >= 11 is 0. The van der Waals surface area contributed by atoms with Crippen molar-refractivity contribution in [2.75, 3.05) is 32.1 Å². The van der Waals surface area contributed by atoms with Crippen LogP contribution in [0.15, 0.2) is 35.5 Å². The van der Waals surface area contributed by atoms with Gasteiger partial charge < -0.3 is 24.8 Å². The van der Waals surface area contributed by atoms with Crippen molar-refractivity contribution >= 4 is 17.6 Å². The molecule has 1 aliphatic rings. The summed E-state index contributed by atoms with van der Waals surface area (Å²) < 4.78 is 34.0. The van der Waals surface area contributed by atoms with Crippen LogP contribution in [-0.4, -0.2) is 55.3 Å². The number of aliphatic hydroxyl groups is 1. The highest BCUT2D eigenvalue weighted by molar-refractivity contribution is 6.08. The predicted octanol–water partition coefficient (Wildman–Crippen LogP) is 0.961. The van der Waals surface area contributed by atoms with Crippen LogP contribution in [0.1, 0.15) is 0 Å². The van der Waals surface area contributed by atoms with E-state index in [1.807, 2.05) is 0 Å². The van der Waals surface area contributed by atoms with Crippen LogP contribution in [0.5, 0.6) is 5.75 Å². The largest absolute Gasteiger partial charge is 0.466 e. The Kier molecular flexibility index (Phi) is 5.69. The molecule has 0 bridgehead atoms. The zero-order chi connectivity index (χ0) is 17.7. The number of esters is 1. The summed E-state index contributed by atoms with van der Waals surface area (Å²) in [6, 6.07) is 5.79. The molecular formula is C15H16F2N2O5. The third-order valence-electron chi connectivity index (χ3n) is 3.32. The summed E-state index contributed by atoms with van der Waals surface area (Å²) in [5.74, 6) is -1.44. The number of halogens is 2. The number of benzene rings is 1. The fraction of sp³-hybridized carbons (Fsp3) is 0.333. The molecule has 0 unspecified atom stereocenters. The Hall–Kier alpha value is -2.68. The first-order valence-electron chi connectivity index (χ1n) is 7.00. The molecule has 7 nitrogen and oxygen atoms in total. The number of para-hydroxylation sites is 2. The SMILES string of the molecule is COC(=O)C1=C(Nc2ccccc2OC(F)F)C(=O)N(CCO)C1. The summed E-state index contributed by atoms with van der Waals surface area (Å²) in [5.41, 5.74) is 0.0526. The van der Waals surface area contributed by atoms with Gasteiger partial charge in [0.1, 0.15) is 11.4 Å². The van der Waals surface area contributed by atoms with Gasteiger partial charge in [-0.25, -0.2) is 4.79 Å².